The molecule has 0 saturated carbocycles. The third kappa shape index (κ3) is 3.24. The van der Waals surface area contributed by atoms with Crippen molar-refractivity contribution in [2.75, 3.05) is 5.32 Å². The predicted octanol–water partition coefficient (Wildman–Crippen LogP) is 4.38. The smallest absolute Gasteiger partial charge is 0.259 e. The second kappa shape index (κ2) is 6.00. The van der Waals surface area contributed by atoms with E-state index >= 15 is 0 Å². The number of rotatable bonds is 3. The number of anilines is 1. The highest BCUT2D eigenvalue weighted by atomic mass is 16.3. The average molecular weight is 283 g/mol. The van der Waals surface area contributed by atoms with Crippen molar-refractivity contribution in [3.05, 3.63) is 58.7 Å². The number of phenolic OH excluding ortho intramolecular Hbond substituents is 1. The van der Waals surface area contributed by atoms with Gasteiger partial charge >= 0.3 is 0 Å². The second-order valence-corrected chi connectivity index (χ2v) is 5.67. The molecule has 0 aromatic heterocycles. The number of amides is 1. The quantitative estimate of drug-likeness (QED) is 0.878. The van der Waals surface area contributed by atoms with Gasteiger partial charge in [-0.1, -0.05) is 43.7 Å². The van der Waals surface area contributed by atoms with Gasteiger partial charge in [-0.25, -0.2) is 0 Å². The Hall–Kier alpha value is -2.29. The predicted molar refractivity (Wildman–Crippen MR) is 86.1 cm³/mol. The minimum absolute atomic E-state index is 0.00205. The van der Waals surface area contributed by atoms with E-state index in [1.165, 1.54) is 0 Å². The lowest BCUT2D eigenvalue weighted by molar-refractivity contribution is 0.102. The molecule has 2 N–H and O–H groups in total. The van der Waals surface area contributed by atoms with E-state index in [0.29, 0.717) is 11.5 Å². The van der Waals surface area contributed by atoms with Gasteiger partial charge in [-0.15, -0.1) is 0 Å². The lowest BCUT2D eigenvalue weighted by Crippen LogP contribution is -2.15. The van der Waals surface area contributed by atoms with Crippen LogP contribution in [0.25, 0.3) is 0 Å². The lowest BCUT2D eigenvalue weighted by Gasteiger charge is -2.17. The van der Waals surface area contributed by atoms with Gasteiger partial charge in [0, 0.05) is 5.69 Å². The Morgan fingerprint density at radius 3 is 2.52 bits per heavy atom. The van der Waals surface area contributed by atoms with Crippen LogP contribution in [0, 0.1) is 13.8 Å². The Kier molecular flexibility index (Phi) is 4.32. The van der Waals surface area contributed by atoms with Crippen molar-refractivity contribution in [2.45, 2.75) is 33.6 Å². The van der Waals surface area contributed by atoms with Crippen LogP contribution in [0.3, 0.4) is 0 Å². The fourth-order valence-corrected chi connectivity index (χ4v) is 2.35. The molecular weight excluding hydrogens is 262 g/mol. The zero-order valence-electron chi connectivity index (χ0n) is 12.9. The number of nitrogens with one attached hydrogen (secondary N) is 1. The molecule has 0 aliphatic heterocycles. The van der Waals surface area contributed by atoms with Crippen LogP contribution >= 0.6 is 0 Å². The molecule has 0 spiro atoms. The van der Waals surface area contributed by atoms with Gasteiger partial charge in [0.1, 0.15) is 5.75 Å². The van der Waals surface area contributed by atoms with Gasteiger partial charge in [-0.2, -0.15) is 0 Å². The van der Waals surface area contributed by atoms with E-state index in [-0.39, 0.29) is 11.7 Å². The van der Waals surface area contributed by atoms with E-state index in [2.05, 4.69) is 19.2 Å². The zero-order chi connectivity index (χ0) is 15.6. The Bertz CT molecular complexity index is 675. The molecular formula is C18H21NO2. The van der Waals surface area contributed by atoms with Crippen LogP contribution in [-0.2, 0) is 0 Å². The van der Waals surface area contributed by atoms with Crippen molar-refractivity contribution in [2.24, 2.45) is 0 Å². The van der Waals surface area contributed by atoms with Gasteiger partial charge in [0.05, 0.1) is 5.56 Å². The largest absolute Gasteiger partial charge is 0.507 e. The molecule has 1 amide bonds. The van der Waals surface area contributed by atoms with Crippen LogP contribution in [0.2, 0.25) is 0 Å². The molecule has 110 valence electrons. The molecule has 0 aliphatic carbocycles. The summed E-state index contributed by atoms with van der Waals surface area (Å²) >= 11 is 0. The third-order valence-corrected chi connectivity index (χ3v) is 3.56. The summed E-state index contributed by atoms with van der Waals surface area (Å²) in [7, 11) is 0. The molecule has 0 atom stereocenters. The SMILES string of the molecule is Cc1ccc(O)c(C(=O)Nc2c(C)cccc2C(C)C)c1. The maximum Gasteiger partial charge on any atom is 0.259 e. The molecule has 0 heterocycles. The molecule has 2 aromatic rings. The number of benzene rings is 2. The van der Waals surface area contributed by atoms with Crippen LogP contribution in [0.15, 0.2) is 36.4 Å². The molecule has 3 nitrogen and oxygen atoms in total. The van der Waals surface area contributed by atoms with Crippen LogP contribution < -0.4 is 5.32 Å². The Balaban J connectivity index is 2.38. The summed E-state index contributed by atoms with van der Waals surface area (Å²) in [6, 6.07) is 11.0. The third-order valence-electron chi connectivity index (χ3n) is 3.56. The number of aromatic hydroxyl groups is 1. The maximum atomic E-state index is 12.4. The van der Waals surface area contributed by atoms with E-state index in [9.17, 15) is 9.90 Å². The maximum absolute atomic E-state index is 12.4. The molecule has 2 rings (SSSR count). The van der Waals surface area contributed by atoms with E-state index in [4.69, 9.17) is 0 Å². The summed E-state index contributed by atoms with van der Waals surface area (Å²) in [4.78, 5) is 12.4. The first-order valence-corrected chi connectivity index (χ1v) is 7.10. The van der Waals surface area contributed by atoms with Crippen molar-refractivity contribution >= 4 is 11.6 Å². The highest BCUT2D eigenvalue weighted by molar-refractivity contribution is 6.07. The number of phenols is 1. The fraction of sp³-hybridized carbons (Fsp3) is 0.278. The van der Waals surface area contributed by atoms with Crippen LogP contribution in [0.1, 0.15) is 46.8 Å². The molecule has 0 aliphatic rings. The van der Waals surface area contributed by atoms with Crippen molar-refractivity contribution in [3.8, 4) is 5.75 Å². The van der Waals surface area contributed by atoms with Crippen molar-refractivity contribution < 1.29 is 9.90 Å². The van der Waals surface area contributed by atoms with Gasteiger partial charge in [0.25, 0.3) is 5.91 Å². The summed E-state index contributed by atoms with van der Waals surface area (Å²) in [6.45, 7) is 8.05. The van der Waals surface area contributed by atoms with Gasteiger partial charge in [-0.05, 0) is 43.0 Å². The molecule has 0 radical (unpaired) electrons. The standard InChI is InChI=1S/C18H21NO2/c1-11(2)14-7-5-6-13(4)17(14)19-18(21)15-10-12(3)8-9-16(15)20/h5-11,20H,1-4H3,(H,19,21). The molecule has 21 heavy (non-hydrogen) atoms. The summed E-state index contributed by atoms with van der Waals surface area (Å²) < 4.78 is 0. The molecule has 0 saturated heterocycles. The lowest BCUT2D eigenvalue weighted by atomic mass is 9.98. The van der Waals surface area contributed by atoms with Crippen molar-refractivity contribution in [1.29, 1.82) is 0 Å². The summed E-state index contributed by atoms with van der Waals surface area (Å²) in [5.41, 5.74) is 4.18. The van der Waals surface area contributed by atoms with E-state index in [1.54, 1.807) is 18.2 Å². The Morgan fingerprint density at radius 1 is 1.14 bits per heavy atom. The first-order chi connectivity index (χ1) is 9.90. The number of hydrogen-bond acceptors (Lipinski definition) is 2. The molecule has 2 aromatic carbocycles. The molecule has 0 bridgehead atoms. The topological polar surface area (TPSA) is 49.3 Å². The second-order valence-electron chi connectivity index (χ2n) is 5.67. The minimum Gasteiger partial charge on any atom is -0.507 e. The molecule has 3 heteroatoms. The van der Waals surface area contributed by atoms with Crippen LogP contribution in [-0.4, -0.2) is 11.0 Å². The number of carbonyl (C=O) groups is 1. The van der Waals surface area contributed by atoms with Gasteiger partial charge in [0.2, 0.25) is 0 Å². The summed E-state index contributed by atoms with van der Waals surface area (Å²) in [5.74, 6) is 0.0245. The number of hydrogen-bond donors (Lipinski definition) is 2. The zero-order valence-corrected chi connectivity index (χ0v) is 12.9. The first kappa shape index (κ1) is 15.1. The van der Waals surface area contributed by atoms with Gasteiger partial charge < -0.3 is 10.4 Å². The van der Waals surface area contributed by atoms with E-state index in [1.807, 2.05) is 32.0 Å². The number of aryl methyl sites for hydroxylation is 2. The Morgan fingerprint density at radius 2 is 1.86 bits per heavy atom. The highest BCUT2D eigenvalue weighted by Gasteiger charge is 2.15. The van der Waals surface area contributed by atoms with Gasteiger partial charge in [-0.3, -0.25) is 4.79 Å². The average Bonchev–Trinajstić information content (AvgIpc) is 2.43. The van der Waals surface area contributed by atoms with Gasteiger partial charge in [0.15, 0.2) is 0 Å². The number of carbonyl (C=O) groups excluding carboxylic acids is 1. The van der Waals surface area contributed by atoms with Crippen LogP contribution in [0.5, 0.6) is 5.75 Å². The summed E-state index contributed by atoms with van der Waals surface area (Å²) in [6.07, 6.45) is 0. The molecule has 0 unspecified atom stereocenters. The van der Waals surface area contributed by atoms with E-state index in [0.717, 1.165) is 22.4 Å². The van der Waals surface area contributed by atoms with Crippen molar-refractivity contribution in [1.82, 2.24) is 0 Å². The monoisotopic (exact) mass is 283 g/mol. The Labute approximate surface area is 125 Å². The normalized spacial score (nSPS) is 10.7. The fourth-order valence-electron chi connectivity index (χ4n) is 2.35. The van der Waals surface area contributed by atoms with Crippen LogP contribution in [0.4, 0.5) is 5.69 Å². The highest BCUT2D eigenvalue weighted by Crippen LogP contribution is 2.28. The summed E-state index contributed by atoms with van der Waals surface area (Å²) in [5, 5.41) is 12.8. The first-order valence-electron chi connectivity index (χ1n) is 7.10. The number of para-hydroxylation sites is 1. The van der Waals surface area contributed by atoms with Crippen molar-refractivity contribution in [3.63, 3.8) is 0 Å². The molecule has 0 fully saturated rings. The minimum atomic E-state index is -0.285. The van der Waals surface area contributed by atoms with E-state index < -0.39 is 0 Å².